The zero-order valence-corrected chi connectivity index (χ0v) is 13.7. The minimum absolute atomic E-state index is 0.696. The maximum Gasteiger partial charge on any atom is 0.207 e. The van der Waals surface area contributed by atoms with E-state index in [-0.39, 0.29) is 0 Å². The molecule has 4 rings (SSSR count). The molecule has 0 unspecified atom stereocenters. The number of nitrogens with one attached hydrogen (secondary N) is 1. The standard InChI is InChI=1S/C20H16ClN3/c21-18-8-5-15(6-9-18)14-23-20-22-11-12-24(20)19-10-7-16-3-1-2-4-17(16)13-19/h1-13H,14H2,(H,22,23). The van der Waals surface area contributed by atoms with Crippen LogP contribution < -0.4 is 5.32 Å². The van der Waals surface area contributed by atoms with Crippen molar-refractivity contribution in [2.75, 3.05) is 5.32 Å². The quantitative estimate of drug-likeness (QED) is 0.550. The molecule has 3 aromatic carbocycles. The summed E-state index contributed by atoms with van der Waals surface area (Å²) in [7, 11) is 0. The van der Waals surface area contributed by atoms with Crippen LogP contribution in [0.3, 0.4) is 0 Å². The summed E-state index contributed by atoms with van der Waals surface area (Å²) in [4.78, 5) is 4.43. The zero-order chi connectivity index (χ0) is 16.4. The smallest absolute Gasteiger partial charge is 0.207 e. The highest BCUT2D eigenvalue weighted by molar-refractivity contribution is 6.30. The van der Waals surface area contributed by atoms with E-state index in [2.05, 4.69) is 57.3 Å². The van der Waals surface area contributed by atoms with Gasteiger partial charge in [0, 0.05) is 29.6 Å². The molecule has 24 heavy (non-hydrogen) atoms. The summed E-state index contributed by atoms with van der Waals surface area (Å²) in [6, 6.07) is 22.6. The van der Waals surface area contributed by atoms with Gasteiger partial charge in [-0.1, -0.05) is 54.1 Å². The molecular weight excluding hydrogens is 318 g/mol. The first-order valence-corrected chi connectivity index (χ1v) is 8.18. The minimum Gasteiger partial charge on any atom is -0.351 e. The Hall–Kier alpha value is -2.78. The molecule has 3 nitrogen and oxygen atoms in total. The number of rotatable bonds is 4. The van der Waals surface area contributed by atoms with Crippen LogP contribution in [0.1, 0.15) is 5.56 Å². The Kier molecular flexibility index (Phi) is 3.93. The van der Waals surface area contributed by atoms with E-state index in [9.17, 15) is 0 Å². The van der Waals surface area contributed by atoms with Gasteiger partial charge in [0.15, 0.2) is 0 Å². The molecule has 0 aliphatic rings. The van der Waals surface area contributed by atoms with E-state index in [1.807, 2.05) is 30.5 Å². The number of benzene rings is 3. The zero-order valence-electron chi connectivity index (χ0n) is 13.0. The Bertz CT molecular complexity index is 974. The lowest BCUT2D eigenvalue weighted by Crippen LogP contribution is -2.06. The molecule has 0 radical (unpaired) electrons. The number of fused-ring (bicyclic) bond motifs is 1. The Morgan fingerprint density at radius 3 is 2.54 bits per heavy atom. The molecule has 0 aliphatic heterocycles. The normalized spacial score (nSPS) is 10.9. The summed E-state index contributed by atoms with van der Waals surface area (Å²) < 4.78 is 2.06. The van der Waals surface area contributed by atoms with Gasteiger partial charge in [-0.05, 0) is 40.6 Å². The van der Waals surface area contributed by atoms with Gasteiger partial charge >= 0.3 is 0 Å². The summed E-state index contributed by atoms with van der Waals surface area (Å²) in [5, 5.41) is 6.58. The lowest BCUT2D eigenvalue weighted by Gasteiger charge is -2.11. The van der Waals surface area contributed by atoms with E-state index in [1.165, 1.54) is 10.8 Å². The Labute approximate surface area is 145 Å². The lowest BCUT2D eigenvalue weighted by atomic mass is 10.1. The van der Waals surface area contributed by atoms with Crippen LogP contribution in [0.2, 0.25) is 5.02 Å². The molecule has 118 valence electrons. The minimum atomic E-state index is 0.696. The number of hydrogen-bond donors (Lipinski definition) is 1. The third-order valence-corrected chi connectivity index (χ3v) is 4.27. The van der Waals surface area contributed by atoms with Gasteiger partial charge in [0.2, 0.25) is 5.95 Å². The highest BCUT2D eigenvalue weighted by atomic mass is 35.5. The van der Waals surface area contributed by atoms with Crippen molar-refractivity contribution in [2.45, 2.75) is 6.54 Å². The van der Waals surface area contributed by atoms with Gasteiger partial charge in [0.1, 0.15) is 0 Å². The first-order chi connectivity index (χ1) is 11.8. The van der Waals surface area contributed by atoms with E-state index >= 15 is 0 Å². The Morgan fingerprint density at radius 1 is 0.917 bits per heavy atom. The van der Waals surface area contributed by atoms with Gasteiger partial charge in [-0.2, -0.15) is 0 Å². The molecular formula is C20H16ClN3. The number of aromatic nitrogens is 2. The summed E-state index contributed by atoms with van der Waals surface area (Å²) in [6.07, 6.45) is 3.77. The molecule has 0 saturated heterocycles. The van der Waals surface area contributed by atoms with Crippen molar-refractivity contribution in [1.82, 2.24) is 9.55 Å². The second-order valence-corrected chi connectivity index (χ2v) is 6.07. The van der Waals surface area contributed by atoms with E-state index in [1.54, 1.807) is 6.20 Å². The summed E-state index contributed by atoms with van der Waals surface area (Å²) in [5.41, 5.74) is 2.25. The third-order valence-electron chi connectivity index (χ3n) is 4.02. The average molecular weight is 334 g/mol. The third kappa shape index (κ3) is 2.99. The van der Waals surface area contributed by atoms with E-state index < -0.39 is 0 Å². The van der Waals surface area contributed by atoms with Crippen LogP contribution in [0.15, 0.2) is 79.1 Å². The molecule has 0 bridgehead atoms. The lowest BCUT2D eigenvalue weighted by molar-refractivity contribution is 1.01. The number of anilines is 1. The van der Waals surface area contributed by atoms with E-state index in [4.69, 9.17) is 11.6 Å². The first-order valence-electron chi connectivity index (χ1n) is 7.80. The molecule has 0 atom stereocenters. The van der Waals surface area contributed by atoms with Crippen molar-refractivity contribution >= 4 is 28.3 Å². The van der Waals surface area contributed by atoms with Crippen LogP contribution in [-0.2, 0) is 6.54 Å². The monoisotopic (exact) mass is 333 g/mol. The van der Waals surface area contributed by atoms with E-state index in [0.717, 1.165) is 22.2 Å². The maximum atomic E-state index is 5.93. The second kappa shape index (κ2) is 6.38. The van der Waals surface area contributed by atoms with Crippen molar-refractivity contribution < 1.29 is 0 Å². The van der Waals surface area contributed by atoms with Crippen LogP contribution in [0.25, 0.3) is 16.5 Å². The highest BCUT2D eigenvalue weighted by Gasteiger charge is 2.05. The van der Waals surface area contributed by atoms with Crippen LogP contribution in [-0.4, -0.2) is 9.55 Å². The SMILES string of the molecule is Clc1ccc(CNc2nccn2-c2ccc3ccccc3c2)cc1. The van der Waals surface area contributed by atoms with Crippen LogP contribution in [0, 0.1) is 0 Å². The molecule has 1 aromatic heterocycles. The predicted molar refractivity (Wildman–Crippen MR) is 99.8 cm³/mol. The fraction of sp³-hybridized carbons (Fsp3) is 0.0500. The largest absolute Gasteiger partial charge is 0.351 e. The fourth-order valence-electron chi connectivity index (χ4n) is 2.75. The van der Waals surface area contributed by atoms with Gasteiger partial charge in [-0.15, -0.1) is 0 Å². The van der Waals surface area contributed by atoms with Gasteiger partial charge in [0.05, 0.1) is 0 Å². The predicted octanol–water partition coefficient (Wildman–Crippen LogP) is 5.29. The number of hydrogen-bond acceptors (Lipinski definition) is 2. The van der Waals surface area contributed by atoms with Crippen molar-refractivity contribution in [3.63, 3.8) is 0 Å². The molecule has 1 N–H and O–H groups in total. The van der Waals surface area contributed by atoms with Gasteiger partial charge in [0.25, 0.3) is 0 Å². The van der Waals surface area contributed by atoms with Gasteiger partial charge in [-0.25, -0.2) is 4.98 Å². The number of halogens is 1. The first kappa shape index (κ1) is 14.8. The van der Waals surface area contributed by atoms with Gasteiger partial charge in [-0.3, -0.25) is 4.57 Å². The molecule has 0 spiro atoms. The molecule has 0 aliphatic carbocycles. The number of nitrogens with zero attached hydrogens (tertiary/aromatic N) is 2. The number of imidazole rings is 1. The van der Waals surface area contributed by atoms with Crippen molar-refractivity contribution in [3.05, 3.63) is 89.7 Å². The van der Waals surface area contributed by atoms with Crippen molar-refractivity contribution in [1.29, 1.82) is 0 Å². The fourth-order valence-corrected chi connectivity index (χ4v) is 2.88. The molecule has 0 saturated carbocycles. The van der Waals surface area contributed by atoms with E-state index in [0.29, 0.717) is 6.54 Å². The van der Waals surface area contributed by atoms with Gasteiger partial charge < -0.3 is 5.32 Å². The highest BCUT2D eigenvalue weighted by Crippen LogP contribution is 2.21. The summed E-state index contributed by atoms with van der Waals surface area (Å²) in [6.45, 7) is 0.696. The molecule has 1 heterocycles. The maximum absolute atomic E-state index is 5.93. The molecule has 0 amide bonds. The summed E-state index contributed by atoms with van der Waals surface area (Å²) in [5.74, 6) is 0.820. The van der Waals surface area contributed by atoms with Crippen LogP contribution in [0.4, 0.5) is 5.95 Å². The molecule has 4 aromatic rings. The van der Waals surface area contributed by atoms with Crippen molar-refractivity contribution in [3.8, 4) is 5.69 Å². The van der Waals surface area contributed by atoms with Crippen LogP contribution >= 0.6 is 11.6 Å². The Balaban J connectivity index is 1.60. The van der Waals surface area contributed by atoms with Crippen LogP contribution in [0.5, 0.6) is 0 Å². The van der Waals surface area contributed by atoms with Crippen molar-refractivity contribution in [2.24, 2.45) is 0 Å². The summed E-state index contributed by atoms with van der Waals surface area (Å²) >= 11 is 5.93. The average Bonchev–Trinajstić information content (AvgIpc) is 3.09. The Morgan fingerprint density at radius 2 is 1.71 bits per heavy atom. The topological polar surface area (TPSA) is 29.9 Å². The second-order valence-electron chi connectivity index (χ2n) is 5.63. The molecule has 0 fully saturated rings. The molecule has 4 heteroatoms.